The first kappa shape index (κ1) is 62.7. The lowest BCUT2D eigenvalue weighted by Gasteiger charge is -2.15. The van der Waals surface area contributed by atoms with E-state index in [4.69, 9.17) is 24.8 Å². The maximum atomic E-state index is 12.1. The number of methoxy groups -OCH3 is 2. The summed E-state index contributed by atoms with van der Waals surface area (Å²) in [5.41, 5.74) is 20.2. The molecule has 84 heavy (non-hydrogen) atoms. The van der Waals surface area contributed by atoms with Crippen LogP contribution in [-0.4, -0.2) is 62.3 Å². The summed E-state index contributed by atoms with van der Waals surface area (Å²) in [6.07, 6.45) is -0.305. The number of benzene rings is 8. The Morgan fingerprint density at radius 2 is 0.833 bits per heavy atom. The van der Waals surface area contributed by atoms with Crippen LogP contribution >= 0.6 is 31.9 Å². The van der Waals surface area contributed by atoms with E-state index < -0.39 is 0 Å². The predicted molar refractivity (Wildman–Crippen MR) is 333 cm³/mol. The summed E-state index contributed by atoms with van der Waals surface area (Å²) in [4.78, 5) is 41.4. The maximum absolute atomic E-state index is 12.1. The van der Waals surface area contributed by atoms with E-state index in [0.717, 1.165) is 102 Å². The van der Waals surface area contributed by atoms with Crippen molar-refractivity contribution >= 4 is 49.9 Å². The van der Waals surface area contributed by atoms with E-state index in [0.29, 0.717) is 24.2 Å². The van der Waals surface area contributed by atoms with Gasteiger partial charge >= 0.3 is 18.0 Å². The topological polar surface area (TPSA) is 161 Å². The van der Waals surface area contributed by atoms with Gasteiger partial charge in [-0.05, 0) is 113 Å². The third-order valence-electron chi connectivity index (χ3n) is 14.8. The Bertz CT molecular complexity index is 3440. The molecule has 13 nitrogen and oxygen atoms in total. The molecule has 4 N–H and O–H groups in total. The molecular weight excluding hydrogens is 1190 g/mol. The highest BCUT2D eigenvalue weighted by Gasteiger charge is 2.25. The van der Waals surface area contributed by atoms with Gasteiger partial charge in [-0.3, -0.25) is 14.7 Å². The molecule has 0 fully saturated rings. The van der Waals surface area contributed by atoms with Crippen molar-refractivity contribution in [2.24, 2.45) is 0 Å². The Morgan fingerprint density at radius 1 is 0.429 bits per heavy atom. The normalized spacial score (nSPS) is 13.4. The molecule has 0 saturated heterocycles. The number of esters is 2. The fraction of sp³-hybridized carbons (Fsp3) is 0.261. The number of carbonyl (C=O) groups is 3. The zero-order valence-electron chi connectivity index (χ0n) is 47.5. The van der Waals surface area contributed by atoms with Crippen molar-refractivity contribution < 1.29 is 43.9 Å². The number of halogens is 2. The van der Waals surface area contributed by atoms with E-state index in [1.807, 2.05) is 97.1 Å². The summed E-state index contributed by atoms with van der Waals surface area (Å²) in [6.45, 7) is 9.34. The molecule has 4 heterocycles. The van der Waals surface area contributed by atoms with Crippen LogP contribution in [0.4, 0.5) is 4.79 Å². The summed E-state index contributed by atoms with van der Waals surface area (Å²) in [5, 5.41) is 31.9. The summed E-state index contributed by atoms with van der Waals surface area (Å²) >= 11 is 6.77. The van der Waals surface area contributed by atoms with Crippen molar-refractivity contribution in [3.63, 3.8) is 0 Å². The van der Waals surface area contributed by atoms with Gasteiger partial charge in [0, 0.05) is 76.1 Å². The molecule has 0 atom stereocenters. The highest BCUT2D eigenvalue weighted by Crippen LogP contribution is 2.28. The predicted octanol–water partition coefficient (Wildman–Crippen LogP) is 12.6. The lowest BCUT2D eigenvalue weighted by atomic mass is 10.1. The van der Waals surface area contributed by atoms with Crippen molar-refractivity contribution in [3.8, 4) is 0 Å². The lowest BCUT2D eigenvalue weighted by Crippen LogP contribution is -2.25. The van der Waals surface area contributed by atoms with Crippen LogP contribution in [-0.2, 0) is 117 Å². The standard InChI is InChI=1S/C17H17NO3.C17H17NO2.C16H17NO.C10H10Br2O2.C9H11NO/c19-11-14-6-7-15-9-18(10-16(15)8-14)17(20)21-12-13-4-2-1-3-5-13;1-20-17(19)14-7-8-15-11-18(12-16(15)9-14)10-13-5-3-2-4-6-13;18-12-14-6-7-15-10-17(11-16(15)8-14)9-13-4-2-1-3-5-13;1-14-10(13)7-2-3-8(5-11)9(4-7)6-12;11-6-7-1-2-8-4-10-5-9(8)3-7/h1-8,19H,9-12H2;2-9H,10-12H2,1H3;1-8,18H,9-12H2;2-4H,5-6H2,1H3;1-3,10-11H,4-6H2. The van der Waals surface area contributed by atoms with Crippen molar-refractivity contribution in [2.75, 3.05) is 14.2 Å². The molecule has 1 amide bonds. The highest BCUT2D eigenvalue weighted by atomic mass is 79.9. The third-order valence-corrected chi connectivity index (χ3v) is 16.0. The quantitative estimate of drug-likeness (QED) is 0.0492. The number of aliphatic hydroxyl groups excluding tert-OH is 3. The average Bonchev–Trinajstić information content (AvgIpc) is 4.53. The molecule has 0 saturated carbocycles. The largest absolute Gasteiger partial charge is 0.465 e. The van der Waals surface area contributed by atoms with Crippen molar-refractivity contribution in [1.82, 2.24) is 20.0 Å². The molecule has 8 aromatic rings. The monoisotopic (exact) mass is 1260 g/mol. The first-order valence-corrected chi connectivity index (χ1v) is 30.1. The minimum absolute atomic E-state index is 0.0196. The smallest absolute Gasteiger partial charge is 0.410 e. The Labute approximate surface area is 509 Å². The first-order valence-electron chi connectivity index (χ1n) is 27.9. The number of nitrogens with zero attached hydrogens (tertiary/aromatic N) is 3. The second kappa shape index (κ2) is 32.1. The molecule has 4 aliphatic rings. The van der Waals surface area contributed by atoms with Crippen LogP contribution in [0.15, 0.2) is 182 Å². The molecule has 0 spiro atoms. The molecule has 12 rings (SSSR count). The van der Waals surface area contributed by atoms with Crippen LogP contribution in [0.5, 0.6) is 0 Å². The van der Waals surface area contributed by atoms with E-state index in [9.17, 15) is 14.4 Å². The minimum atomic E-state index is -0.305. The summed E-state index contributed by atoms with van der Waals surface area (Å²) in [5.74, 6) is -0.567. The molecule has 0 radical (unpaired) electrons. The molecule has 4 aliphatic heterocycles. The summed E-state index contributed by atoms with van der Waals surface area (Å²) in [7, 11) is 2.80. The molecule has 0 bridgehead atoms. The van der Waals surface area contributed by atoms with Crippen LogP contribution in [0.2, 0.25) is 0 Å². The second-order valence-corrected chi connectivity index (χ2v) is 21.9. The number of alkyl halides is 2. The molecular formula is C69H72Br2N4O9. The van der Waals surface area contributed by atoms with Crippen molar-refractivity contribution in [1.29, 1.82) is 0 Å². The Kier molecular flexibility index (Phi) is 24.0. The number of nitrogens with one attached hydrogen (secondary N) is 1. The number of rotatable bonds is 13. The Hall–Kier alpha value is -7.31. The fourth-order valence-electron chi connectivity index (χ4n) is 10.3. The SMILES string of the molecule is COC(=O)c1ccc(CBr)c(CBr)c1.COC(=O)c1ccc2c(c1)CN(Cc1ccccc1)C2.O=C(OCc1ccccc1)N1Cc2ccc(CO)cc2C1.OCc1ccc2c(c1)CN(Cc1ccccc1)C2.OCc1ccc2c(c1)CNC2. The van der Waals surface area contributed by atoms with Crippen molar-refractivity contribution in [3.05, 3.63) is 282 Å². The van der Waals surface area contributed by atoms with Crippen LogP contribution in [0.1, 0.15) is 110 Å². The summed E-state index contributed by atoms with van der Waals surface area (Å²) < 4.78 is 14.7. The Balaban J connectivity index is 0.000000139. The van der Waals surface area contributed by atoms with Gasteiger partial charge in [-0.2, -0.15) is 0 Å². The van der Waals surface area contributed by atoms with E-state index in [1.54, 1.807) is 11.0 Å². The fourth-order valence-corrected chi connectivity index (χ4v) is 11.4. The van der Waals surface area contributed by atoms with Gasteiger partial charge < -0.3 is 34.8 Å². The van der Waals surface area contributed by atoms with Gasteiger partial charge in [-0.15, -0.1) is 0 Å². The maximum Gasteiger partial charge on any atom is 0.410 e. The molecule has 8 aromatic carbocycles. The second-order valence-electron chi connectivity index (χ2n) is 20.8. The van der Waals surface area contributed by atoms with E-state index in [-0.39, 0.29) is 44.5 Å². The number of ether oxygens (including phenoxy) is 3. The zero-order valence-corrected chi connectivity index (χ0v) is 50.7. The molecule has 0 aliphatic carbocycles. The van der Waals surface area contributed by atoms with Gasteiger partial charge in [0.05, 0.1) is 45.2 Å². The van der Waals surface area contributed by atoms with E-state index >= 15 is 0 Å². The lowest BCUT2D eigenvalue weighted by molar-refractivity contribution is 0.0591. The third kappa shape index (κ3) is 17.9. The number of amides is 1. The number of aliphatic hydroxyl groups is 3. The highest BCUT2D eigenvalue weighted by molar-refractivity contribution is 9.09. The number of carbonyl (C=O) groups excluding carboxylic acids is 3. The van der Waals surface area contributed by atoms with Gasteiger partial charge in [-0.1, -0.05) is 190 Å². The van der Waals surface area contributed by atoms with Crippen LogP contribution in [0, 0.1) is 0 Å². The average molecular weight is 1260 g/mol. The van der Waals surface area contributed by atoms with Crippen LogP contribution in [0.3, 0.4) is 0 Å². The minimum Gasteiger partial charge on any atom is -0.465 e. The number of hydrogen-bond donors (Lipinski definition) is 4. The summed E-state index contributed by atoms with van der Waals surface area (Å²) in [6, 6.07) is 60.2. The molecule has 15 heteroatoms. The molecule has 0 aromatic heterocycles. The van der Waals surface area contributed by atoms with Crippen molar-refractivity contribution in [2.45, 2.75) is 103 Å². The van der Waals surface area contributed by atoms with Gasteiger partial charge in [-0.25, -0.2) is 14.4 Å². The van der Waals surface area contributed by atoms with Gasteiger partial charge in [0.2, 0.25) is 0 Å². The molecule has 436 valence electrons. The number of hydrogen-bond acceptors (Lipinski definition) is 12. The molecule has 0 unspecified atom stereocenters. The van der Waals surface area contributed by atoms with Gasteiger partial charge in [0.1, 0.15) is 6.61 Å². The Morgan fingerprint density at radius 3 is 1.35 bits per heavy atom. The van der Waals surface area contributed by atoms with Crippen LogP contribution < -0.4 is 5.32 Å². The van der Waals surface area contributed by atoms with Crippen LogP contribution in [0.25, 0.3) is 0 Å². The van der Waals surface area contributed by atoms with E-state index in [1.165, 1.54) is 64.3 Å². The first-order chi connectivity index (χ1) is 41.0. The van der Waals surface area contributed by atoms with E-state index in [2.05, 4.69) is 131 Å². The van der Waals surface area contributed by atoms with Gasteiger partial charge in [0.25, 0.3) is 0 Å². The van der Waals surface area contributed by atoms with Gasteiger partial charge in [0.15, 0.2) is 0 Å². The number of fused-ring (bicyclic) bond motifs is 4. The zero-order chi connectivity index (χ0) is 59.2.